The van der Waals surface area contributed by atoms with Gasteiger partial charge in [-0.05, 0) is 44.5 Å². The van der Waals surface area contributed by atoms with Crippen LogP contribution in [0.2, 0.25) is 0 Å². The molecule has 1 aromatic carbocycles. The minimum absolute atomic E-state index is 0.0148. The van der Waals surface area contributed by atoms with Gasteiger partial charge in [0.15, 0.2) is 5.69 Å². The van der Waals surface area contributed by atoms with Crippen LogP contribution in [-0.4, -0.2) is 24.6 Å². The van der Waals surface area contributed by atoms with Crippen LogP contribution in [0, 0.1) is 18.3 Å². The first-order valence-corrected chi connectivity index (χ1v) is 10.6. The van der Waals surface area contributed by atoms with Gasteiger partial charge in [0.25, 0.3) is 5.56 Å². The molecule has 0 aliphatic heterocycles. The van der Waals surface area contributed by atoms with E-state index in [1.165, 1.54) is 31.2 Å². The van der Waals surface area contributed by atoms with Crippen molar-refractivity contribution in [2.45, 2.75) is 45.1 Å². The van der Waals surface area contributed by atoms with Crippen LogP contribution in [0.1, 0.15) is 37.8 Å². The first kappa shape index (κ1) is 22.3. The second kappa shape index (κ2) is 9.45. The molecule has 2 aromatic rings. The fraction of sp³-hybridized carbons (Fsp3) is 0.368. The lowest BCUT2D eigenvalue weighted by atomic mass is 10.1. The summed E-state index contributed by atoms with van der Waals surface area (Å²) in [4.78, 5) is 12.3. The molecule has 0 amide bonds. The maximum atomic E-state index is 12.2. The Morgan fingerprint density at radius 3 is 2.41 bits per heavy atom. The van der Waals surface area contributed by atoms with Gasteiger partial charge in [0.05, 0.1) is 10.6 Å². The molecule has 0 saturated carbocycles. The van der Waals surface area contributed by atoms with Crippen molar-refractivity contribution in [3.63, 3.8) is 0 Å². The standard InChI is InChI=1S/C19H23N5O4S/c1-4-6-11-21-29(27,28)15-9-7-14(8-10-15)22-23-17-13(3)16(12-20)18(25)24(5-2)19(17)26/h7-10,21,26H,4-6,11H2,1-3H3/b23-22+. The SMILES string of the molecule is CCCCNS(=O)(=O)c1ccc(/N=N/c2c(C)c(C#N)c(=O)n(CC)c2O)cc1. The summed E-state index contributed by atoms with van der Waals surface area (Å²) in [7, 11) is -3.59. The Kier molecular flexibility index (Phi) is 7.25. The summed E-state index contributed by atoms with van der Waals surface area (Å²) < 4.78 is 28.0. The molecule has 0 radical (unpaired) electrons. The summed E-state index contributed by atoms with van der Waals surface area (Å²) in [6.07, 6.45) is 1.63. The Labute approximate surface area is 169 Å². The number of hydrogen-bond acceptors (Lipinski definition) is 7. The molecule has 0 saturated heterocycles. The van der Waals surface area contributed by atoms with Crippen molar-refractivity contribution in [1.29, 1.82) is 5.26 Å². The highest BCUT2D eigenvalue weighted by Crippen LogP contribution is 2.32. The summed E-state index contributed by atoms with van der Waals surface area (Å²) >= 11 is 0. The zero-order valence-electron chi connectivity index (χ0n) is 16.5. The smallest absolute Gasteiger partial charge is 0.271 e. The summed E-state index contributed by atoms with van der Waals surface area (Å²) in [5, 5.41) is 27.5. The number of pyridine rings is 1. The molecule has 0 spiro atoms. The Balaban J connectivity index is 2.34. The van der Waals surface area contributed by atoms with Crippen LogP contribution in [0.3, 0.4) is 0 Å². The molecule has 1 heterocycles. The molecule has 154 valence electrons. The Morgan fingerprint density at radius 2 is 1.86 bits per heavy atom. The van der Waals surface area contributed by atoms with E-state index in [1.54, 1.807) is 6.92 Å². The highest BCUT2D eigenvalue weighted by atomic mass is 32.2. The second-order valence-corrected chi connectivity index (χ2v) is 8.05. The number of nitriles is 1. The lowest BCUT2D eigenvalue weighted by molar-refractivity contribution is 0.412. The lowest BCUT2D eigenvalue weighted by Gasteiger charge is -2.11. The predicted octanol–water partition coefficient (Wildman–Crippen LogP) is 3.25. The molecule has 0 bridgehead atoms. The maximum Gasteiger partial charge on any atom is 0.271 e. The van der Waals surface area contributed by atoms with Crippen LogP contribution in [0.5, 0.6) is 5.88 Å². The Hall–Kier alpha value is -3.03. The summed E-state index contributed by atoms with van der Waals surface area (Å²) in [5.41, 5.74) is -0.111. The fourth-order valence-corrected chi connectivity index (χ4v) is 3.69. The van der Waals surface area contributed by atoms with E-state index in [0.717, 1.165) is 17.4 Å². The van der Waals surface area contributed by atoms with E-state index in [0.29, 0.717) is 12.2 Å². The predicted molar refractivity (Wildman–Crippen MR) is 108 cm³/mol. The number of rotatable bonds is 8. The van der Waals surface area contributed by atoms with Gasteiger partial charge in [-0.2, -0.15) is 10.4 Å². The molecule has 2 N–H and O–H groups in total. The van der Waals surface area contributed by atoms with Crippen LogP contribution in [0.15, 0.2) is 44.2 Å². The molecule has 0 fully saturated rings. The van der Waals surface area contributed by atoms with Crippen LogP contribution in [0.4, 0.5) is 11.4 Å². The van der Waals surface area contributed by atoms with Crippen LogP contribution < -0.4 is 10.3 Å². The van der Waals surface area contributed by atoms with Gasteiger partial charge in [-0.1, -0.05) is 13.3 Å². The largest absolute Gasteiger partial charge is 0.493 e. The minimum Gasteiger partial charge on any atom is -0.493 e. The summed E-state index contributed by atoms with van der Waals surface area (Å²) in [6.45, 7) is 5.67. The quantitative estimate of drug-likeness (QED) is 0.502. The minimum atomic E-state index is -3.59. The van der Waals surface area contributed by atoms with Crippen LogP contribution in [-0.2, 0) is 16.6 Å². The third-order valence-corrected chi connectivity index (χ3v) is 5.80. The molecule has 0 aliphatic rings. The van der Waals surface area contributed by atoms with Gasteiger partial charge >= 0.3 is 0 Å². The number of nitrogens with one attached hydrogen (secondary N) is 1. The molecule has 0 atom stereocenters. The molecule has 10 heteroatoms. The topological polar surface area (TPSA) is 137 Å². The van der Waals surface area contributed by atoms with Crippen molar-refractivity contribution in [2.75, 3.05) is 6.54 Å². The highest BCUT2D eigenvalue weighted by molar-refractivity contribution is 7.89. The molecule has 2 rings (SSSR count). The zero-order chi connectivity index (χ0) is 21.6. The van der Waals surface area contributed by atoms with Gasteiger partial charge in [-0.3, -0.25) is 9.36 Å². The average Bonchev–Trinajstić information content (AvgIpc) is 2.69. The van der Waals surface area contributed by atoms with E-state index >= 15 is 0 Å². The van der Waals surface area contributed by atoms with Crippen molar-refractivity contribution in [1.82, 2.24) is 9.29 Å². The first-order valence-electron chi connectivity index (χ1n) is 9.14. The van der Waals surface area contributed by atoms with Gasteiger partial charge in [0.1, 0.15) is 11.6 Å². The Morgan fingerprint density at radius 1 is 1.21 bits per heavy atom. The number of nitrogens with zero attached hydrogens (tertiary/aromatic N) is 4. The normalized spacial score (nSPS) is 11.7. The molecular formula is C19H23N5O4S. The maximum absolute atomic E-state index is 12.2. The van der Waals surface area contributed by atoms with E-state index in [-0.39, 0.29) is 34.1 Å². The van der Waals surface area contributed by atoms with E-state index in [4.69, 9.17) is 0 Å². The molecular weight excluding hydrogens is 394 g/mol. The number of benzene rings is 1. The van der Waals surface area contributed by atoms with Crippen molar-refractivity contribution in [3.8, 4) is 11.9 Å². The van der Waals surface area contributed by atoms with Crippen molar-refractivity contribution < 1.29 is 13.5 Å². The molecule has 9 nitrogen and oxygen atoms in total. The van der Waals surface area contributed by atoms with Gasteiger partial charge in [0.2, 0.25) is 15.9 Å². The van der Waals surface area contributed by atoms with E-state index < -0.39 is 15.6 Å². The second-order valence-electron chi connectivity index (χ2n) is 6.28. The zero-order valence-corrected chi connectivity index (χ0v) is 17.3. The number of aromatic nitrogens is 1. The molecule has 29 heavy (non-hydrogen) atoms. The number of aromatic hydroxyl groups is 1. The van der Waals surface area contributed by atoms with Crippen LogP contribution in [0.25, 0.3) is 0 Å². The molecule has 0 unspecified atom stereocenters. The average molecular weight is 417 g/mol. The van der Waals surface area contributed by atoms with E-state index in [1.807, 2.05) is 13.0 Å². The first-order chi connectivity index (χ1) is 13.8. The monoisotopic (exact) mass is 417 g/mol. The Bertz CT molecular complexity index is 1110. The third-order valence-electron chi connectivity index (χ3n) is 4.32. The lowest BCUT2D eigenvalue weighted by Crippen LogP contribution is -2.24. The van der Waals surface area contributed by atoms with E-state index in [2.05, 4.69) is 15.0 Å². The highest BCUT2D eigenvalue weighted by Gasteiger charge is 2.18. The number of sulfonamides is 1. The number of unbranched alkanes of at least 4 members (excludes halogenated alkanes) is 1. The molecule has 1 aromatic heterocycles. The van der Waals surface area contributed by atoms with E-state index in [9.17, 15) is 23.6 Å². The van der Waals surface area contributed by atoms with Gasteiger partial charge in [0, 0.05) is 18.7 Å². The van der Waals surface area contributed by atoms with Crippen molar-refractivity contribution in [3.05, 3.63) is 45.7 Å². The summed E-state index contributed by atoms with van der Waals surface area (Å²) in [6, 6.07) is 7.60. The molecule has 0 aliphatic carbocycles. The van der Waals surface area contributed by atoms with Crippen molar-refractivity contribution >= 4 is 21.4 Å². The summed E-state index contributed by atoms with van der Waals surface area (Å²) in [5.74, 6) is -0.378. The van der Waals surface area contributed by atoms with Crippen molar-refractivity contribution in [2.24, 2.45) is 10.2 Å². The third kappa shape index (κ3) is 4.88. The van der Waals surface area contributed by atoms with Crippen LogP contribution >= 0.6 is 0 Å². The van der Waals surface area contributed by atoms with Gasteiger partial charge < -0.3 is 5.11 Å². The number of hydrogen-bond donors (Lipinski definition) is 2. The van der Waals surface area contributed by atoms with Gasteiger partial charge in [-0.15, -0.1) is 5.11 Å². The number of azo groups is 1. The van der Waals surface area contributed by atoms with Gasteiger partial charge in [-0.25, -0.2) is 13.1 Å². The fourth-order valence-electron chi connectivity index (χ4n) is 2.62.